The van der Waals surface area contributed by atoms with Crippen LogP contribution in [0.1, 0.15) is 32.7 Å². The second-order valence-electron chi connectivity index (χ2n) is 6.32. The molecule has 1 saturated carbocycles. The van der Waals surface area contributed by atoms with Gasteiger partial charge in [-0.15, -0.1) is 5.10 Å². The van der Waals surface area contributed by atoms with E-state index in [2.05, 4.69) is 34.7 Å². The number of halogens is 1. The van der Waals surface area contributed by atoms with E-state index in [0.29, 0.717) is 40.2 Å². The summed E-state index contributed by atoms with van der Waals surface area (Å²) in [6, 6.07) is 5.62. The maximum atomic E-state index is 12.1. The van der Waals surface area contributed by atoms with Gasteiger partial charge in [0.2, 0.25) is 11.1 Å². The Morgan fingerprint density at radius 3 is 2.96 bits per heavy atom. The third-order valence-corrected chi connectivity index (χ3v) is 4.70. The number of anilines is 1. The van der Waals surface area contributed by atoms with Crippen molar-refractivity contribution >= 4 is 35.0 Å². The summed E-state index contributed by atoms with van der Waals surface area (Å²) in [5.74, 6) is 1.13. The van der Waals surface area contributed by atoms with Crippen molar-refractivity contribution in [2.45, 2.75) is 37.9 Å². The molecule has 3 rings (SSSR count). The molecule has 1 aliphatic carbocycles. The van der Waals surface area contributed by atoms with Gasteiger partial charge >= 0.3 is 0 Å². The molecule has 9 heteroatoms. The van der Waals surface area contributed by atoms with Crippen LogP contribution in [-0.4, -0.2) is 38.5 Å². The zero-order valence-electron chi connectivity index (χ0n) is 14.1. The van der Waals surface area contributed by atoms with E-state index in [4.69, 9.17) is 16.3 Å². The molecule has 25 heavy (non-hydrogen) atoms. The quantitative estimate of drug-likeness (QED) is 0.705. The first kappa shape index (κ1) is 18.0. The topological polar surface area (TPSA) is 81.9 Å². The Labute approximate surface area is 155 Å². The Hall–Kier alpha value is -1.80. The minimum absolute atomic E-state index is 0.137. The van der Waals surface area contributed by atoms with Crippen LogP contribution in [0.3, 0.4) is 0 Å². The van der Waals surface area contributed by atoms with Crippen molar-refractivity contribution < 1.29 is 9.53 Å². The first-order valence-corrected chi connectivity index (χ1v) is 9.52. The van der Waals surface area contributed by atoms with E-state index in [9.17, 15) is 4.79 Å². The molecule has 0 bridgehead atoms. The monoisotopic (exact) mass is 381 g/mol. The Morgan fingerprint density at radius 1 is 1.48 bits per heavy atom. The van der Waals surface area contributed by atoms with E-state index in [1.54, 1.807) is 22.9 Å². The number of thioether (sulfide) groups is 1. The molecule has 1 aromatic carbocycles. The minimum Gasteiger partial charge on any atom is -0.492 e. The number of amides is 1. The third kappa shape index (κ3) is 5.09. The van der Waals surface area contributed by atoms with Crippen LogP contribution in [0, 0.1) is 5.92 Å². The number of aromatic nitrogens is 4. The van der Waals surface area contributed by atoms with Crippen LogP contribution in [0.25, 0.3) is 0 Å². The lowest BCUT2D eigenvalue weighted by Gasteiger charge is -2.11. The number of hydrogen-bond donors (Lipinski definition) is 1. The SMILES string of the molecule is CC(C)COc1ccc(NC(=O)CSc2nnnn2C2CC2)cc1Cl. The van der Waals surface area contributed by atoms with Gasteiger partial charge in [-0.25, -0.2) is 4.68 Å². The average molecular weight is 382 g/mol. The van der Waals surface area contributed by atoms with Gasteiger partial charge in [-0.2, -0.15) is 0 Å². The number of ether oxygens (including phenoxy) is 1. The predicted molar refractivity (Wildman–Crippen MR) is 97.2 cm³/mol. The highest BCUT2D eigenvalue weighted by Gasteiger charge is 2.28. The summed E-state index contributed by atoms with van der Waals surface area (Å²) in [5.41, 5.74) is 0.634. The largest absolute Gasteiger partial charge is 0.492 e. The lowest BCUT2D eigenvalue weighted by atomic mass is 10.2. The fourth-order valence-electron chi connectivity index (χ4n) is 2.11. The smallest absolute Gasteiger partial charge is 0.234 e. The molecule has 0 saturated heterocycles. The number of carbonyl (C=O) groups is 1. The molecule has 0 spiro atoms. The zero-order valence-corrected chi connectivity index (χ0v) is 15.7. The molecule has 1 amide bonds. The zero-order chi connectivity index (χ0) is 17.8. The number of hydrogen-bond acceptors (Lipinski definition) is 6. The van der Waals surface area contributed by atoms with Crippen molar-refractivity contribution in [2.24, 2.45) is 5.92 Å². The van der Waals surface area contributed by atoms with E-state index < -0.39 is 0 Å². The van der Waals surface area contributed by atoms with Gasteiger partial charge < -0.3 is 10.1 Å². The standard InChI is InChI=1S/C16H20ClN5O2S/c1-10(2)8-24-14-6-3-11(7-13(14)17)18-15(23)9-25-16-19-20-21-22(16)12-4-5-12/h3,6-7,10,12H,4-5,8-9H2,1-2H3,(H,18,23). The molecule has 0 unspecified atom stereocenters. The van der Waals surface area contributed by atoms with Gasteiger partial charge in [0, 0.05) is 5.69 Å². The highest BCUT2D eigenvalue weighted by Crippen LogP contribution is 2.36. The van der Waals surface area contributed by atoms with Gasteiger partial charge in [-0.05, 0) is 47.4 Å². The van der Waals surface area contributed by atoms with Crippen molar-refractivity contribution in [2.75, 3.05) is 17.7 Å². The second-order valence-corrected chi connectivity index (χ2v) is 7.67. The van der Waals surface area contributed by atoms with Crippen LogP contribution in [0.5, 0.6) is 5.75 Å². The van der Waals surface area contributed by atoms with Gasteiger partial charge in [-0.1, -0.05) is 37.2 Å². The summed E-state index contributed by atoms with van der Waals surface area (Å²) in [7, 11) is 0. The average Bonchev–Trinajstić information content (AvgIpc) is 3.30. The molecule has 0 atom stereocenters. The normalized spacial score (nSPS) is 13.9. The lowest BCUT2D eigenvalue weighted by molar-refractivity contribution is -0.113. The summed E-state index contributed by atoms with van der Waals surface area (Å²) in [6.07, 6.45) is 2.18. The fraction of sp³-hybridized carbons (Fsp3) is 0.500. The molecule has 0 radical (unpaired) electrons. The Bertz CT molecular complexity index is 748. The minimum atomic E-state index is -0.137. The van der Waals surface area contributed by atoms with E-state index in [0.717, 1.165) is 12.8 Å². The molecule has 7 nitrogen and oxygen atoms in total. The van der Waals surface area contributed by atoms with Crippen molar-refractivity contribution in [1.82, 2.24) is 20.2 Å². The molecule has 1 aliphatic rings. The van der Waals surface area contributed by atoms with E-state index in [1.807, 2.05) is 0 Å². The summed E-state index contributed by atoms with van der Waals surface area (Å²) >= 11 is 7.53. The van der Waals surface area contributed by atoms with Crippen molar-refractivity contribution in [3.63, 3.8) is 0 Å². The van der Waals surface area contributed by atoms with Gasteiger partial charge in [0.05, 0.1) is 23.4 Å². The molecular formula is C16H20ClN5O2S. The maximum Gasteiger partial charge on any atom is 0.234 e. The summed E-state index contributed by atoms with van der Waals surface area (Å²) in [6.45, 7) is 4.73. The number of nitrogens with one attached hydrogen (secondary N) is 1. The summed E-state index contributed by atoms with van der Waals surface area (Å²) < 4.78 is 7.41. The molecule has 2 aromatic rings. The van der Waals surface area contributed by atoms with Crippen LogP contribution >= 0.6 is 23.4 Å². The van der Waals surface area contributed by atoms with E-state index in [-0.39, 0.29) is 11.7 Å². The highest BCUT2D eigenvalue weighted by molar-refractivity contribution is 7.99. The van der Waals surface area contributed by atoms with Crippen LogP contribution in [0.2, 0.25) is 5.02 Å². The lowest BCUT2D eigenvalue weighted by Crippen LogP contribution is -2.14. The number of carbonyl (C=O) groups excluding carboxylic acids is 1. The summed E-state index contributed by atoms with van der Waals surface area (Å²) in [4.78, 5) is 12.1. The van der Waals surface area contributed by atoms with E-state index in [1.165, 1.54) is 11.8 Å². The van der Waals surface area contributed by atoms with Gasteiger partial charge in [0.25, 0.3) is 0 Å². The Balaban J connectivity index is 1.52. The van der Waals surface area contributed by atoms with Crippen molar-refractivity contribution in [1.29, 1.82) is 0 Å². The summed E-state index contributed by atoms with van der Waals surface area (Å²) in [5, 5.41) is 15.6. The van der Waals surface area contributed by atoms with Crippen LogP contribution in [0.4, 0.5) is 5.69 Å². The van der Waals surface area contributed by atoms with Crippen LogP contribution < -0.4 is 10.1 Å². The molecule has 1 aromatic heterocycles. The Kier molecular flexibility index (Phi) is 5.80. The predicted octanol–water partition coefficient (Wildman–Crippen LogP) is 3.43. The second kappa shape index (κ2) is 8.05. The Morgan fingerprint density at radius 2 is 2.28 bits per heavy atom. The number of benzene rings is 1. The number of tetrazole rings is 1. The third-order valence-electron chi connectivity index (χ3n) is 3.48. The molecule has 1 fully saturated rings. The van der Waals surface area contributed by atoms with Crippen LogP contribution in [-0.2, 0) is 4.79 Å². The first-order valence-electron chi connectivity index (χ1n) is 8.16. The van der Waals surface area contributed by atoms with Gasteiger partial charge in [0.15, 0.2) is 0 Å². The number of nitrogens with zero attached hydrogens (tertiary/aromatic N) is 4. The fourth-order valence-corrected chi connectivity index (χ4v) is 3.09. The first-order chi connectivity index (χ1) is 12.0. The van der Waals surface area contributed by atoms with E-state index >= 15 is 0 Å². The maximum absolute atomic E-state index is 12.1. The molecular weight excluding hydrogens is 362 g/mol. The van der Waals surface area contributed by atoms with Crippen molar-refractivity contribution in [3.8, 4) is 5.75 Å². The molecule has 1 heterocycles. The highest BCUT2D eigenvalue weighted by atomic mass is 35.5. The van der Waals surface area contributed by atoms with Crippen molar-refractivity contribution in [3.05, 3.63) is 23.2 Å². The number of rotatable bonds is 8. The molecule has 1 N–H and O–H groups in total. The molecule has 134 valence electrons. The molecule has 0 aliphatic heterocycles. The van der Waals surface area contributed by atoms with Crippen LogP contribution in [0.15, 0.2) is 23.4 Å². The van der Waals surface area contributed by atoms with Gasteiger partial charge in [-0.3, -0.25) is 4.79 Å². The van der Waals surface area contributed by atoms with Gasteiger partial charge in [0.1, 0.15) is 5.75 Å².